The van der Waals surface area contributed by atoms with Crippen LogP contribution in [0, 0.1) is 5.92 Å². The number of primary amides is 1. The number of benzene rings is 2. The van der Waals surface area contributed by atoms with Crippen LogP contribution in [0.2, 0.25) is 0 Å². The lowest BCUT2D eigenvalue weighted by molar-refractivity contribution is -0.131. The Morgan fingerprint density at radius 2 is 1.63 bits per heavy atom. The Morgan fingerprint density at radius 3 is 2.22 bits per heavy atom. The molecule has 2 aromatic carbocycles. The Kier molecular flexibility index (Phi) is 6.93. The van der Waals surface area contributed by atoms with Crippen molar-refractivity contribution in [2.24, 2.45) is 11.7 Å². The molecule has 0 aromatic heterocycles. The summed E-state index contributed by atoms with van der Waals surface area (Å²) >= 11 is 0. The standard InChI is InChI=1S/C21H27N3O3/c1-13(2)10-19(23-14(3)25)21(27)24-18(20(22)26)12-15-8-9-16-6-4-5-7-17(16)11-15/h4-9,11,13,18-19H,10,12H2,1-3H3,(H2,22,26)(H,23,25)(H,24,27)/t18-,19-/m0/s1. The van der Waals surface area contributed by atoms with E-state index in [0.29, 0.717) is 12.8 Å². The summed E-state index contributed by atoms with van der Waals surface area (Å²) < 4.78 is 0. The first-order chi connectivity index (χ1) is 12.8. The fourth-order valence-electron chi connectivity index (χ4n) is 3.04. The largest absolute Gasteiger partial charge is 0.368 e. The molecule has 0 bridgehead atoms. The molecule has 27 heavy (non-hydrogen) atoms. The average Bonchev–Trinajstić information content (AvgIpc) is 2.59. The number of hydrogen-bond donors (Lipinski definition) is 3. The number of nitrogens with two attached hydrogens (primary N) is 1. The van der Waals surface area contributed by atoms with E-state index in [4.69, 9.17) is 5.73 Å². The van der Waals surface area contributed by atoms with Crippen LogP contribution in [0.15, 0.2) is 42.5 Å². The van der Waals surface area contributed by atoms with E-state index in [-0.39, 0.29) is 11.8 Å². The molecule has 6 heteroatoms. The zero-order valence-corrected chi connectivity index (χ0v) is 16.0. The topological polar surface area (TPSA) is 101 Å². The van der Waals surface area contributed by atoms with E-state index in [1.165, 1.54) is 6.92 Å². The molecule has 2 aromatic rings. The molecular formula is C21H27N3O3. The molecule has 0 aliphatic heterocycles. The number of fused-ring (bicyclic) bond motifs is 1. The lowest BCUT2D eigenvalue weighted by Crippen LogP contribution is -2.53. The Labute approximate surface area is 159 Å². The van der Waals surface area contributed by atoms with Gasteiger partial charge in [0.25, 0.3) is 0 Å². The van der Waals surface area contributed by atoms with Gasteiger partial charge in [-0.15, -0.1) is 0 Å². The van der Waals surface area contributed by atoms with Crippen molar-refractivity contribution in [2.45, 2.75) is 45.7 Å². The molecule has 0 fully saturated rings. The number of rotatable bonds is 8. The smallest absolute Gasteiger partial charge is 0.243 e. The first-order valence-electron chi connectivity index (χ1n) is 9.10. The molecule has 144 valence electrons. The van der Waals surface area contributed by atoms with E-state index in [1.807, 2.05) is 56.3 Å². The molecule has 4 N–H and O–H groups in total. The van der Waals surface area contributed by atoms with Gasteiger partial charge in [0.15, 0.2) is 0 Å². The van der Waals surface area contributed by atoms with Gasteiger partial charge in [0.2, 0.25) is 17.7 Å². The van der Waals surface area contributed by atoms with Crippen LogP contribution in [0.25, 0.3) is 10.8 Å². The van der Waals surface area contributed by atoms with Crippen molar-refractivity contribution in [3.05, 3.63) is 48.0 Å². The number of nitrogens with one attached hydrogen (secondary N) is 2. The molecule has 0 saturated heterocycles. The van der Waals surface area contributed by atoms with Crippen LogP contribution >= 0.6 is 0 Å². The molecule has 0 saturated carbocycles. The van der Waals surface area contributed by atoms with Crippen molar-refractivity contribution < 1.29 is 14.4 Å². The molecule has 6 nitrogen and oxygen atoms in total. The monoisotopic (exact) mass is 369 g/mol. The summed E-state index contributed by atoms with van der Waals surface area (Å²) in [5.41, 5.74) is 6.41. The molecule has 0 aliphatic rings. The summed E-state index contributed by atoms with van der Waals surface area (Å²) in [6.07, 6.45) is 0.771. The fraction of sp³-hybridized carbons (Fsp3) is 0.381. The lowest BCUT2D eigenvalue weighted by Gasteiger charge is -2.23. The van der Waals surface area contributed by atoms with E-state index in [1.54, 1.807) is 0 Å². The summed E-state index contributed by atoms with van der Waals surface area (Å²) in [5, 5.41) is 7.49. The first-order valence-corrected chi connectivity index (χ1v) is 9.10. The minimum absolute atomic E-state index is 0.208. The van der Waals surface area contributed by atoms with E-state index in [9.17, 15) is 14.4 Å². The lowest BCUT2D eigenvalue weighted by atomic mass is 9.99. The Bertz CT molecular complexity index is 832. The van der Waals surface area contributed by atoms with Crippen LogP contribution < -0.4 is 16.4 Å². The highest BCUT2D eigenvalue weighted by Gasteiger charge is 2.25. The second kappa shape index (κ2) is 9.16. The maximum atomic E-state index is 12.6. The minimum Gasteiger partial charge on any atom is -0.368 e. The minimum atomic E-state index is -0.845. The molecular weight excluding hydrogens is 342 g/mol. The van der Waals surface area contributed by atoms with Gasteiger partial charge < -0.3 is 16.4 Å². The van der Waals surface area contributed by atoms with Gasteiger partial charge in [0, 0.05) is 13.3 Å². The molecule has 0 aliphatic carbocycles. The third kappa shape index (κ3) is 6.09. The maximum absolute atomic E-state index is 12.6. The van der Waals surface area contributed by atoms with E-state index < -0.39 is 23.9 Å². The first kappa shape index (κ1) is 20.4. The van der Waals surface area contributed by atoms with Crippen molar-refractivity contribution in [1.29, 1.82) is 0 Å². The predicted molar refractivity (Wildman–Crippen MR) is 106 cm³/mol. The van der Waals surface area contributed by atoms with Crippen LogP contribution in [0.3, 0.4) is 0 Å². The van der Waals surface area contributed by atoms with Gasteiger partial charge in [0.05, 0.1) is 0 Å². The zero-order valence-electron chi connectivity index (χ0n) is 16.0. The molecule has 0 unspecified atom stereocenters. The van der Waals surface area contributed by atoms with Crippen LogP contribution in [-0.2, 0) is 20.8 Å². The highest BCUT2D eigenvalue weighted by Crippen LogP contribution is 2.17. The fourth-order valence-corrected chi connectivity index (χ4v) is 3.04. The summed E-state index contributed by atoms with van der Waals surface area (Å²) in [6.45, 7) is 5.28. The van der Waals surface area contributed by atoms with Crippen molar-refractivity contribution in [3.8, 4) is 0 Å². The normalized spacial score (nSPS) is 13.2. The quantitative estimate of drug-likeness (QED) is 0.662. The number of hydrogen-bond acceptors (Lipinski definition) is 3. The molecule has 3 amide bonds. The van der Waals surface area contributed by atoms with E-state index in [2.05, 4.69) is 10.6 Å². The summed E-state index contributed by atoms with van der Waals surface area (Å²) in [7, 11) is 0. The second-order valence-electron chi connectivity index (χ2n) is 7.23. The van der Waals surface area contributed by atoms with Crippen LogP contribution in [0.1, 0.15) is 32.8 Å². The number of amides is 3. The second-order valence-corrected chi connectivity index (χ2v) is 7.23. The molecule has 0 spiro atoms. The summed E-state index contributed by atoms with van der Waals surface area (Å²) in [6, 6.07) is 12.3. The molecule has 0 heterocycles. The third-order valence-corrected chi connectivity index (χ3v) is 4.31. The highest BCUT2D eigenvalue weighted by molar-refractivity contribution is 5.91. The van der Waals surface area contributed by atoms with Crippen molar-refractivity contribution >= 4 is 28.5 Å². The van der Waals surface area contributed by atoms with Crippen molar-refractivity contribution in [2.75, 3.05) is 0 Å². The maximum Gasteiger partial charge on any atom is 0.243 e. The van der Waals surface area contributed by atoms with Crippen LogP contribution in [0.5, 0.6) is 0 Å². The van der Waals surface area contributed by atoms with Gasteiger partial charge in [-0.05, 0) is 28.7 Å². The van der Waals surface area contributed by atoms with E-state index in [0.717, 1.165) is 16.3 Å². The molecule has 2 rings (SSSR count). The van der Waals surface area contributed by atoms with Crippen molar-refractivity contribution in [3.63, 3.8) is 0 Å². The third-order valence-electron chi connectivity index (χ3n) is 4.31. The van der Waals surface area contributed by atoms with Gasteiger partial charge in [-0.1, -0.05) is 56.3 Å². The van der Waals surface area contributed by atoms with Gasteiger partial charge in [-0.25, -0.2) is 0 Å². The van der Waals surface area contributed by atoms with Crippen molar-refractivity contribution in [1.82, 2.24) is 10.6 Å². The van der Waals surface area contributed by atoms with Gasteiger partial charge in [0.1, 0.15) is 12.1 Å². The Hall–Kier alpha value is -2.89. The zero-order chi connectivity index (χ0) is 20.0. The Balaban J connectivity index is 2.14. The SMILES string of the molecule is CC(=O)N[C@@H](CC(C)C)C(=O)N[C@@H](Cc1ccc2ccccc2c1)C(N)=O. The highest BCUT2D eigenvalue weighted by atomic mass is 16.2. The number of carbonyl (C=O) groups excluding carboxylic acids is 3. The number of carbonyl (C=O) groups is 3. The Morgan fingerprint density at radius 1 is 0.963 bits per heavy atom. The van der Waals surface area contributed by atoms with Gasteiger partial charge >= 0.3 is 0 Å². The van der Waals surface area contributed by atoms with E-state index >= 15 is 0 Å². The molecule has 2 atom stereocenters. The van der Waals surface area contributed by atoms with Gasteiger partial charge in [-0.3, -0.25) is 14.4 Å². The van der Waals surface area contributed by atoms with Crippen LogP contribution in [-0.4, -0.2) is 29.8 Å². The molecule has 0 radical (unpaired) electrons. The summed E-state index contributed by atoms with van der Waals surface area (Å²) in [4.78, 5) is 35.9. The van der Waals surface area contributed by atoms with Gasteiger partial charge in [-0.2, -0.15) is 0 Å². The summed E-state index contributed by atoms with van der Waals surface area (Å²) in [5.74, 6) is -1.09. The van der Waals surface area contributed by atoms with Crippen LogP contribution in [0.4, 0.5) is 0 Å². The predicted octanol–water partition coefficient (Wildman–Crippen LogP) is 1.90. The average molecular weight is 369 g/mol.